The average Bonchev–Trinajstić information content (AvgIpc) is 2.54. The van der Waals surface area contributed by atoms with E-state index < -0.39 is 0 Å². The zero-order valence-corrected chi connectivity index (χ0v) is 12.8. The third kappa shape index (κ3) is 3.91. The van der Waals surface area contributed by atoms with Crippen LogP contribution in [0.3, 0.4) is 0 Å². The SMILES string of the molecule is CCCc1cccc(C(NN)C(OC)c2ccccc2)c1. The number of nitrogens with two attached hydrogens (primary N) is 1. The van der Waals surface area contributed by atoms with Gasteiger partial charge in [0.05, 0.1) is 6.04 Å². The van der Waals surface area contributed by atoms with Gasteiger partial charge in [0.2, 0.25) is 0 Å². The predicted octanol–water partition coefficient (Wildman–Crippen LogP) is 3.53. The largest absolute Gasteiger partial charge is 0.375 e. The maximum atomic E-state index is 5.81. The third-order valence-corrected chi connectivity index (χ3v) is 3.71. The van der Waals surface area contributed by atoms with Gasteiger partial charge < -0.3 is 4.74 Å². The first-order valence-corrected chi connectivity index (χ1v) is 7.42. The molecule has 0 heterocycles. The Morgan fingerprint density at radius 2 is 1.76 bits per heavy atom. The van der Waals surface area contributed by atoms with Crippen LogP contribution < -0.4 is 11.3 Å². The lowest BCUT2D eigenvalue weighted by Crippen LogP contribution is -2.33. The van der Waals surface area contributed by atoms with Crippen LogP contribution in [0.2, 0.25) is 0 Å². The van der Waals surface area contributed by atoms with E-state index in [9.17, 15) is 0 Å². The molecule has 0 spiro atoms. The maximum absolute atomic E-state index is 5.81. The molecule has 2 rings (SSSR count). The number of hydrogen-bond acceptors (Lipinski definition) is 3. The van der Waals surface area contributed by atoms with Gasteiger partial charge in [0, 0.05) is 7.11 Å². The van der Waals surface area contributed by atoms with Crippen molar-refractivity contribution >= 4 is 0 Å². The van der Waals surface area contributed by atoms with E-state index in [1.807, 2.05) is 18.2 Å². The Balaban J connectivity index is 2.31. The summed E-state index contributed by atoms with van der Waals surface area (Å²) in [5, 5.41) is 0. The normalized spacial score (nSPS) is 13.9. The Hall–Kier alpha value is -1.68. The van der Waals surface area contributed by atoms with E-state index >= 15 is 0 Å². The number of methoxy groups -OCH3 is 1. The monoisotopic (exact) mass is 284 g/mol. The molecule has 0 saturated heterocycles. The highest BCUT2D eigenvalue weighted by Crippen LogP contribution is 2.31. The molecule has 2 aromatic carbocycles. The van der Waals surface area contributed by atoms with E-state index in [2.05, 4.69) is 48.7 Å². The van der Waals surface area contributed by atoms with E-state index in [0.717, 1.165) is 24.0 Å². The fourth-order valence-electron chi connectivity index (χ4n) is 2.70. The molecule has 0 radical (unpaired) electrons. The van der Waals surface area contributed by atoms with Crippen molar-refractivity contribution < 1.29 is 4.74 Å². The second-order valence-corrected chi connectivity index (χ2v) is 5.21. The Labute approximate surface area is 127 Å². The maximum Gasteiger partial charge on any atom is 0.103 e. The van der Waals surface area contributed by atoms with Crippen molar-refractivity contribution in [2.45, 2.75) is 31.9 Å². The highest BCUT2D eigenvalue weighted by Gasteiger charge is 2.23. The molecule has 0 bridgehead atoms. The van der Waals surface area contributed by atoms with Gasteiger partial charge in [-0.1, -0.05) is 67.9 Å². The van der Waals surface area contributed by atoms with Crippen molar-refractivity contribution in [3.8, 4) is 0 Å². The fraction of sp³-hybridized carbons (Fsp3) is 0.333. The zero-order chi connectivity index (χ0) is 15.1. The van der Waals surface area contributed by atoms with E-state index in [-0.39, 0.29) is 12.1 Å². The van der Waals surface area contributed by atoms with Crippen LogP contribution >= 0.6 is 0 Å². The molecule has 0 aliphatic rings. The van der Waals surface area contributed by atoms with Gasteiger partial charge in [-0.15, -0.1) is 0 Å². The van der Waals surface area contributed by atoms with Gasteiger partial charge in [-0.2, -0.15) is 0 Å². The predicted molar refractivity (Wildman–Crippen MR) is 86.7 cm³/mol. The van der Waals surface area contributed by atoms with Crippen molar-refractivity contribution in [1.29, 1.82) is 0 Å². The number of hydrogen-bond donors (Lipinski definition) is 2. The average molecular weight is 284 g/mol. The van der Waals surface area contributed by atoms with Gasteiger partial charge in [-0.05, 0) is 23.1 Å². The van der Waals surface area contributed by atoms with Gasteiger partial charge in [-0.25, -0.2) is 0 Å². The van der Waals surface area contributed by atoms with E-state index in [1.165, 1.54) is 5.56 Å². The van der Waals surface area contributed by atoms with E-state index in [0.29, 0.717) is 0 Å². The van der Waals surface area contributed by atoms with Crippen molar-refractivity contribution in [3.05, 3.63) is 71.3 Å². The quantitative estimate of drug-likeness (QED) is 0.604. The minimum atomic E-state index is -0.118. The van der Waals surface area contributed by atoms with Gasteiger partial charge in [-0.3, -0.25) is 11.3 Å². The van der Waals surface area contributed by atoms with Gasteiger partial charge in [0.1, 0.15) is 6.10 Å². The molecule has 0 aromatic heterocycles. The highest BCUT2D eigenvalue weighted by atomic mass is 16.5. The van der Waals surface area contributed by atoms with Crippen LogP contribution in [0, 0.1) is 0 Å². The summed E-state index contributed by atoms with van der Waals surface area (Å²) in [6, 6.07) is 18.6. The summed E-state index contributed by atoms with van der Waals surface area (Å²) in [4.78, 5) is 0. The van der Waals surface area contributed by atoms with Crippen LogP contribution in [0.25, 0.3) is 0 Å². The van der Waals surface area contributed by atoms with Crippen molar-refractivity contribution in [2.75, 3.05) is 7.11 Å². The number of hydrazine groups is 1. The summed E-state index contributed by atoms with van der Waals surface area (Å²) in [6.45, 7) is 2.19. The molecular formula is C18H24N2O. The lowest BCUT2D eigenvalue weighted by Gasteiger charge is -2.26. The molecule has 3 heteroatoms. The molecule has 0 fully saturated rings. The molecule has 0 aliphatic heterocycles. The molecule has 21 heavy (non-hydrogen) atoms. The number of benzene rings is 2. The van der Waals surface area contributed by atoms with Gasteiger partial charge >= 0.3 is 0 Å². The Morgan fingerprint density at radius 3 is 2.38 bits per heavy atom. The minimum Gasteiger partial charge on any atom is -0.375 e. The minimum absolute atomic E-state index is 0.0748. The van der Waals surface area contributed by atoms with Crippen LogP contribution in [0.4, 0.5) is 0 Å². The molecule has 112 valence electrons. The summed E-state index contributed by atoms with van der Waals surface area (Å²) in [5.74, 6) is 5.81. The summed E-state index contributed by atoms with van der Waals surface area (Å²) in [5.41, 5.74) is 6.51. The third-order valence-electron chi connectivity index (χ3n) is 3.71. The van der Waals surface area contributed by atoms with Crippen LogP contribution in [-0.2, 0) is 11.2 Å². The number of aryl methyl sites for hydroxylation is 1. The van der Waals surface area contributed by atoms with Crippen LogP contribution in [-0.4, -0.2) is 7.11 Å². The molecule has 2 unspecified atom stereocenters. The number of ether oxygens (including phenoxy) is 1. The van der Waals surface area contributed by atoms with Crippen LogP contribution in [0.15, 0.2) is 54.6 Å². The Morgan fingerprint density at radius 1 is 1.05 bits per heavy atom. The molecule has 3 nitrogen and oxygen atoms in total. The van der Waals surface area contributed by atoms with Crippen molar-refractivity contribution in [3.63, 3.8) is 0 Å². The molecule has 0 amide bonds. The first kappa shape index (κ1) is 15.7. The second kappa shape index (κ2) is 7.93. The van der Waals surface area contributed by atoms with Gasteiger partial charge in [0.25, 0.3) is 0 Å². The van der Waals surface area contributed by atoms with Gasteiger partial charge in [0.15, 0.2) is 0 Å². The standard InChI is InChI=1S/C18H24N2O/c1-3-8-14-9-7-12-16(13-14)17(20-19)18(21-2)15-10-5-4-6-11-15/h4-7,9-13,17-18,20H,3,8,19H2,1-2H3. The first-order valence-electron chi connectivity index (χ1n) is 7.42. The lowest BCUT2D eigenvalue weighted by molar-refractivity contribution is 0.0676. The molecule has 0 aliphatic carbocycles. The number of nitrogens with one attached hydrogen (secondary N) is 1. The lowest BCUT2D eigenvalue weighted by atomic mass is 9.94. The highest BCUT2D eigenvalue weighted by molar-refractivity contribution is 5.30. The Kier molecular flexibility index (Phi) is 5.93. The second-order valence-electron chi connectivity index (χ2n) is 5.21. The van der Waals surface area contributed by atoms with Crippen LogP contribution in [0.1, 0.15) is 42.2 Å². The molecule has 2 atom stereocenters. The number of rotatable bonds is 7. The zero-order valence-electron chi connectivity index (χ0n) is 12.8. The summed E-state index contributed by atoms with van der Waals surface area (Å²) >= 11 is 0. The first-order chi connectivity index (χ1) is 10.3. The molecule has 0 saturated carbocycles. The summed E-state index contributed by atoms with van der Waals surface area (Å²) < 4.78 is 5.70. The molecular weight excluding hydrogens is 260 g/mol. The van der Waals surface area contributed by atoms with Crippen molar-refractivity contribution in [2.24, 2.45) is 5.84 Å². The van der Waals surface area contributed by atoms with E-state index in [1.54, 1.807) is 7.11 Å². The van der Waals surface area contributed by atoms with Crippen molar-refractivity contribution in [1.82, 2.24) is 5.43 Å². The Bertz CT molecular complexity index is 542. The molecule has 3 N–H and O–H groups in total. The fourth-order valence-corrected chi connectivity index (χ4v) is 2.70. The summed E-state index contributed by atoms with van der Waals surface area (Å²) in [7, 11) is 1.72. The van der Waals surface area contributed by atoms with Crippen LogP contribution in [0.5, 0.6) is 0 Å². The summed E-state index contributed by atoms with van der Waals surface area (Å²) in [6.07, 6.45) is 2.10. The van der Waals surface area contributed by atoms with E-state index in [4.69, 9.17) is 10.6 Å². The topological polar surface area (TPSA) is 47.3 Å². The molecule has 2 aromatic rings. The smallest absolute Gasteiger partial charge is 0.103 e.